The van der Waals surface area contributed by atoms with Gasteiger partial charge < -0.3 is 35.1 Å². The second kappa shape index (κ2) is 16.1. The number of nitroso groups, excluding NO2 is 1. The lowest BCUT2D eigenvalue weighted by Crippen LogP contribution is -2.33. The van der Waals surface area contributed by atoms with Gasteiger partial charge in [-0.25, -0.2) is 4.98 Å². The Labute approximate surface area is 274 Å². The highest BCUT2D eigenvalue weighted by Gasteiger charge is 2.22. The van der Waals surface area contributed by atoms with Crippen molar-refractivity contribution in [2.45, 2.75) is 25.0 Å². The highest BCUT2D eigenvalue weighted by molar-refractivity contribution is 7.16. The molecule has 0 saturated heterocycles. The number of nitrogens with one attached hydrogen (secondary N) is 3. The minimum Gasteiger partial charge on any atom is -0.506 e. The minimum atomic E-state index is -0.859. The fourth-order valence-corrected chi connectivity index (χ4v) is 6.00. The van der Waals surface area contributed by atoms with Crippen LogP contribution in [0.5, 0.6) is 5.75 Å². The summed E-state index contributed by atoms with van der Waals surface area (Å²) >= 11 is 0.953. The second-order valence-corrected chi connectivity index (χ2v) is 12.1. The minimum absolute atomic E-state index is 0.0308. The SMILES string of the molecule is CN(CCNC(=O)c1cccc(CCNCC(O)c2ccc(O)c3[nH]c(=O)sc23)c1)CCc1cnc(C(N=O)C2=CC=CC=C=C2)o1. The fraction of sp³-hybridized carbons (Fsp3) is 0.294. The van der Waals surface area contributed by atoms with Crippen LogP contribution in [-0.4, -0.2) is 70.8 Å². The van der Waals surface area contributed by atoms with Crippen LogP contribution in [-0.2, 0) is 12.8 Å². The van der Waals surface area contributed by atoms with Crippen LogP contribution in [0.4, 0.5) is 0 Å². The number of carbonyl (C=O) groups excluding carboxylic acids is 1. The van der Waals surface area contributed by atoms with Crippen LogP contribution in [0.1, 0.15) is 45.3 Å². The number of likely N-dealkylation sites (N-methyl/N-ethyl adjacent to an activating group) is 1. The molecule has 0 saturated carbocycles. The van der Waals surface area contributed by atoms with Gasteiger partial charge in [0.1, 0.15) is 17.0 Å². The Kier molecular flexibility index (Phi) is 11.4. The summed E-state index contributed by atoms with van der Waals surface area (Å²) in [6.45, 7) is 2.58. The molecule has 0 fully saturated rings. The Hall–Kier alpha value is -4.91. The highest BCUT2D eigenvalue weighted by Crippen LogP contribution is 2.31. The number of aromatic amines is 1. The summed E-state index contributed by atoms with van der Waals surface area (Å²) in [6, 6.07) is 9.66. The van der Waals surface area contributed by atoms with Gasteiger partial charge in [0.2, 0.25) is 5.89 Å². The number of phenols is 1. The van der Waals surface area contributed by atoms with Crippen LogP contribution in [0.25, 0.3) is 10.2 Å². The lowest BCUT2D eigenvalue weighted by Gasteiger charge is -2.16. The van der Waals surface area contributed by atoms with E-state index in [9.17, 15) is 24.7 Å². The molecule has 2 unspecified atom stereocenters. The van der Waals surface area contributed by atoms with Crippen molar-refractivity contribution in [1.82, 2.24) is 25.5 Å². The number of aliphatic hydroxyl groups excluding tert-OH is 1. The molecule has 12 nitrogen and oxygen atoms in total. The molecule has 47 heavy (non-hydrogen) atoms. The summed E-state index contributed by atoms with van der Waals surface area (Å²) in [5, 5.41) is 30.0. The number of aromatic nitrogens is 2. The number of allylic oxidation sites excluding steroid dienone is 3. The van der Waals surface area contributed by atoms with E-state index in [2.05, 4.69) is 36.4 Å². The summed E-state index contributed by atoms with van der Waals surface area (Å²) in [6.07, 6.45) is 10.8. The van der Waals surface area contributed by atoms with Crippen molar-refractivity contribution in [2.24, 2.45) is 5.18 Å². The molecule has 2 aromatic heterocycles. The standard InChI is InChI=1S/C34H36N6O6S/c1-40(17-14-25-20-37-33(46-25)29(39-45)23-8-4-2-3-5-9-23)18-16-36-32(43)24-10-6-7-22(19-24)13-15-35-21-28(42)26-11-12-27(41)30-31(26)47-34(44)38-30/h2-4,6-12,19-20,28-29,35,41-42H,13-18,21H2,1H3,(H,36,43)(H,38,44). The number of oxazole rings is 1. The lowest BCUT2D eigenvalue weighted by molar-refractivity contribution is 0.0949. The molecule has 4 aromatic rings. The number of H-pyrrole nitrogens is 1. The average molecular weight is 657 g/mol. The number of benzene rings is 2. The van der Waals surface area contributed by atoms with Crippen molar-refractivity contribution in [3.8, 4) is 5.75 Å². The molecule has 13 heteroatoms. The van der Waals surface area contributed by atoms with E-state index in [1.807, 2.05) is 31.3 Å². The van der Waals surface area contributed by atoms with E-state index in [-0.39, 0.29) is 29.0 Å². The molecule has 2 heterocycles. The van der Waals surface area contributed by atoms with Gasteiger partial charge in [0.15, 0.2) is 6.04 Å². The van der Waals surface area contributed by atoms with E-state index in [1.165, 1.54) is 6.07 Å². The zero-order chi connectivity index (χ0) is 33.2. The second-order valence-electron chi connectivity index (χ2n) is 11.1. The molecular formula is C34H36N6O6S. The Morgan fingerprint density at radius 2 is 2.06 bits per heavy atom. The molecule has 5 N–H and O–H groups in total. The van der Waals surface area contributed by atoms with Crippen LogP contribution in [0.2, 0.25) is 0 Å². The maximum Gasteiger partial charge on any atom is 0.305 e. The van der Waals surface area contributed by atoms with Gasteiger partial charge in [0.05, 0.1) is 17.0 Å². The largest absolute Gasteiger partial charge is 0.506 e. The summed E-state index contributed by atoms with van der Waals surface area (Å²) in [5.41, 5.74) is 6.06. The molecule has 0 bridgehead atoms. The molecule has 0 aliphatic heterocycles. The van der Waals surface area contributed by atoms with Gasteiger partial charge in [-0.05, 0) is 61.5 Å². The Morgan fingerprint density at radius 1 is 1.19 bits per heavy atom. The molecule has 0 spiro atoms. The first-order valence-electron chi connectivity index (χ1n) is 15.2. The molecule has 2 atom stereocenters. The number of rotatable bonds is 16. The predicted molar refractivity (Wildman–Crippen MR) is 181 cm³/mol. The number of thiazole rings is 1. The van der Waals surface area contributed by atoms with E-state index in [0.717, 1.165) is 16.9 Å². The van der Waals surface area contributed by atoms with Crippen LogP contribution >= 0.6 is 11.3 Å². The zero-order valence-corrected chi connectivity index (χ0v) is 26.6. The number of hydrogen-bond donors (Lipinski definition) is 5. The van der Waals surface area contributed by atoms with Crippen LogP contribution in [0, 0.1) is 4.91 Å². The molecular weight excluding hydrogens is 620 g/mol. The summed E-state index contributed by atoms with van der Waals surface area (Å²) < 4.78 is 6.36. The number of nitrogens with zero attached hydrogens (tertiary/aromatic N) is 3. The van der Waals surface area contributed by atoms with E-state index in [4.69, 9.17) is 4.42 Å². The van der Waals surface area contributed by atoms with Crippen LogP contribution in [0.15, 0.2) is 98.7 Å². The Balaban J connectivity index is 1.02. The van der Waals surface area contributed by atoms with Crippen molar-refractivity contribution >= 4 is 27.5 Å². The Bertz CT molecular complexity index is 1900. The maximum atomic E-state index is 12.8. The average Bonchev–Trinajstić information content (AvgIpc) is 3.61. The van der Waals surface area contributed by atoms with Gasteiger partial charge in [-0.2, -0.15) is 0 Å². The van der Waals surface area contributed by atoms with Gasteiger partial charge in [0.25, 0.3) is 5.91 Å². The van der Waals surface area contributed by atoms with Gasteiger partial charge in [-0.1, -0.05) is 52.9 Å². The first kappa shape index (κ1) is 33.5. The molecule has 1 aliphatic rings. The quantitative estimate of drug-likeness (QED) is 0.0677. The van der Waals surface area contributed by atoms with E-state index in [1.54, 1.807) is 42.6 Å². The van der Waals surface area contributed by atoms with Crippen molar-refractivity contribution in [3.05, 3.63) is 127 Å². The number of aromatic hydroxyl groups is 1. The maximum absolute atomic E-state index is 12.8. The summed E-state index contributed by atoms with van der Waals surface area (Å²) in [7, 11) is 1.95. The lowest BCUT2D eigenvalue weighted by atomic mass is 10.1. The van der Waals surface area contributed by atoms with E-state index in [0.29, 0.717) is 71.7 Å². The third-order valence-electron chi connectivity index (χ3n) is 7.65. The molecule has 5 rings (SSSR count). The predicted octanol–water partition coefficient (Wildman–Crippen LogP) is 4.07. The Morgan fingerprint density at radius 3 is 2.91 bits per heavy atom. The molecule has 0 radical (unpaired) electrons. The first-order valence-corrected chi connectivity index (χ1v) is 16.0. The molecule has 1 amide bonds. The zero-order valence-electron chi connectivity index (χ0n) is 25.8. The topological polar surface area (TPSA) is 173 Å². The number of phenolic OH excluding ortho intramolecular Hbond substituents is 1. The smallest absolute Gasteiger partial charge is 0.305 e. The summed E-state index contributed by atoms with van der Waals surface area (Å²) in [5.74, 6) is 0.695. The number of hydrogen-bond acceptors (Lipinski definition) is 11. The number of fused-ring (bicyclic) bond motifs is 1. The number of aliphatic hydroxyl groups is 1. The molecule has 1 aliphatic carbocycles. The van der Waals surface area contributed by atoms with Gasteiger partial charge >= 0.3 is 4.87 Å². The van der Waals surface area contributed by atoms with Gasteiger partial charge in [-0.3, -0.25) is 9.59 Å². The molecule has 244 valence electrons. The van der Waals surface area contributed by atoms with Crippen LogP contribution in [0.3, 0.4) is 0 Å². The van der Waals surface area contributed by atoms with E-state index < -0.39 is 12.1 Å². The van der Waals surface area contributed by atoms with E-state index >= 15 is 0 Å². The monoisotopic (exact) mass is 656 g/mol. The number of amides is 1. The molecule has 2 aromatic carbocycles. The fourth-order valence-electron chi connectivity index (χ4n) is 5.08. The van der Waals surface area contributed by atoms with Gasteiger partial charge in [0, 0.05) is 43.7 Å². The third-order valence-corrected chi connectivity index (χ3v) is 8.58. The van der Waals surface area contributed by atoms with Crippen molar-refractivity contribution < 1.29 is 19.4 Å². The number of carbonyl (C=O) groups is 1. The normalized spacial score (nSPS) is 13.9. The summed E-state index contributed by atoms with van der Waals surface area (Å²) in [4.78, 5) is 44.7. The van der Waals surface area contributed by atoms with Gasteiger partial charge in [-0.15, -0.1) is 10.6 Å². The first-order chi connectivity index (χ1) is 22.8. The third kappa shape index (κ3) is 8.88. The van der Waals surface area contributed by atoms with Crippen molar-refractivity contribution in [3.63, 3.8) is 0 Å². The highest BCUT2D eigenvalue weighted by atomic mass is 32.1. The van der Waals surface area contributed by atoms with Crippen molar-refractivity contribution in [2.75, 3.05) is 39.8 Å². The van der Waals surface area contributed by atoms with Crippen LogP contribution < -0.4 is 15.5 Å². The van der Waals surface area contributed by atoms with Crippen molar-refractivity contribution in [1.29, 1.82) is 0 Å².